The standard InChI is InChI=1S/C32H26N4O6/c37-30(20-42-28-15-14-22-7-1-2-8-23(22)19-28)34-32(25-10-4-12-27(18-25)36(40)41)29-13-5-9-24(31(29)33-34)16-21-6-3-11-26(17-21)35(38)39/h1-4,6-8,10-12,14-19,29,32H,5,9,13,20H2/b24-16+. The molecule has 6 rings (SSSR count). The van der Waals surface area contributed by atoms with Gasteiger partial charge in [-0.1, -0.05) is 54.6 Å². The number of benzene rings is 4. The second kappa shape index (κ2) is 11.2. The second-order valence-corrected chi connectivity index (χ2v) is 10.3. The van der Waals surface area contributed by atoms with Crippen LogP contribution in [-0.2, 0) is 4.79 Å². The van der Waals surface area contributed by atoms with Crippen molar-refractivity contribution < 1.29 is 19.4 Å². The Balaban J connectivity index is 1.34. The lowest BCUT2D eigenvalue weighted by atomic mass is 9.77. The van der Waals surface area contributed by atoms with Gasteiger partial charge in [-0.05, 0) is 64.9 Å². The van der Waals surface area contributed by atoms with Crippen LogP contribution in [0.4, 0.5) is 11.4 Å². The van der Waals surface area contributed by atoms with E-state index in [9.17, 15) is 25.0 Å². The number of allylic oxidation sites excluding steroid dienone is 1. The number of nitrogens with zero attached hydrogens (tertiary/aromatic N) is 4. The molecular formula is C32H26N4O6. The number of carbonyl (C=O) groups is 1. The van der Waals surface area contributed by atoms with Crippen molar-refractivity contribution in [1.29, 1.82) is 0 Å². The highest BCUT2D eigenvalue weighted by molar-refractivity contribution is 6.08. The summed E-state index contributed by atoms with van der Waals surface area (Å²) < 4.78 is 5.90. The van der Waals surface area contributed by atoms with E-state index in [1.165, 1.54) is 29.3 Å². The third-order valence-corrected chi connectivity index (χ3v) is 7.68. The van der Waals surface area contributed by atoms with Crippen molar-refractivity contribution in [2.75, 3.05) is 6.61 Å². The SMILES string of the molecule is O=C(COc1ccc2ccccc2c1)N1N=C2/C(=C/c3cccc([N+](=O)[O-])c3)CCCC2C1c1cccc([N+](=O)[O-])c1. The summed E-state index contributed by atoms with van der Waals surface area (Å²) >= 11 is 0. The molecule has 1 aliphatic heterocycles. The normalized spacial score (nSPS) is 18.9. The number of hydrogen-bond donors (Lipinski definition) is 0. The van der Waals surface area contributed by atoms with Crippen molar-refractivity contribution in [3.05, 3.63) is 128 Å². The molecule has 2 unspecified atom stereocenters. The number of non-ortho nitro benzene ring substituents is 2. The number of ether oxygens (including phenoxy) is 1. The molecule has 0 spiro atoms. The Morgan fingerprint density at radius 1 is 0.905 bits per heavy atom. The minimum Gasteiger partial charge on any atom is -0.484 e. The molecule has 1 saturated carbocycles. The number of nitro groups is 2. The summed E-state index contributed by atoms with van der Waals surface area (Å²) in [4.78, 5) is 35.7. The van der Waals surface area contributed by atoms with Crippen LogP contribution in [0, 0.1) is 26.1 Å². The predicted molar refractivity (Wildman–Crippen MR) is 158 cm³/mol. The van der Waals surface area contributed by atoms with Gasteiger partial charge in [0, 0.05) is 30.2 Å². The molecule has 0 radical (unpaired) electrons. The first-order chi connectivity index (χ1) is 20.4. The third-order valence-electron chi connectivity index (χ3n) is 7.68. The quantitative estimate of drug-likeness (QED) is 0.179. The predicted octanol–water partition coefficient (Wildman–Crippen LogP) is 6.86. The Labute approximate surface area is 240 Å². The molecule has 10 heteroatoms. The van der Waals surface area contributed by atoms with Gasteiger partial charge in [0.25, 0.3) is 17.3 Å². The summed E-state index contributed by atoms with van der Waals surface area (Å²) in [5, 5.41) is 31.1. The molecule has 1 amide bonds. The van der Waals surface area contributed by atoms with E-state index >= 15 is 0 Å². The van der Waals surface area contributed by atoms with Gasteiger partial charge >= 0.3 is 0 Å². The van der Waals surface area contributed by atoms with Gasteiger partial charge in [0.15, 0.2) is 6.61 Å². The average Bonchev–Trinajstić information content (AvgIpc) is 3.41. The Hall–Kier alpha value is -5.38. The molecule has 42 heavy (non-hydrogen) atoms. The van der Waals surface area contributed by atoms with Crippen molar-refractivity contribution in [2.24, 2.45) is 11.0 Å². The highest BCUT2D eigenvalue weighted by atomic mass is 16.6. The molecular weight excluding hydrogens is 536 g/mol. The van der Waals surface area contributed by atoms with Gasteiger partial charge in [0.2, 0.25) is 0 Å². The van der Waals surface area contributed by atoms with E-state index in [-0.39, 0.29) is 29.8 Å². The van der Waals surface area contributed by atoms with Gasteiger partial charge in [-0.25, -0.2) is 5.01 Å². The monoisotopic (exact) mass is 562 g/mol. The van der Waals surface area contributed by atoms with Crippen molar-refractivity contribution in [3.8, 4) is 5.75 Å². The highest BCUT2D eigenvalue weighted by Crippen LogP contribution is 2.45. The van der Waals surface area contributed by atoms with Gasteiger partial charge in [-0.3, -0.25) is 25.0 Å². The van der Waals surface area contributed by atoms with Crippen LogP contribution >= 0.6 is 0 Å². The number of nitro benzene ring substituents is 2. The van der Waals surface area contributed by atoms with Crippen LogP contribution in [0.1, 0.15) is 36.4 Å². The summed E-state index contributed by atoms with van der Waals surface area (Å²) in [6, 6.07) is 25.6. The molecule has 10 nitrogen and oxygen atoms in total. The first-order valence-electron chi connectivity index (χ1n) is 13.6. The fourth-order valence-electron chi connectivity index (χ4n) is 5.76. The zero-order valence-electron chi connectivity index (χ0n) is 22.5. The van der Waals surface area contributed by atoms with Crippen molar-refractivity contribution in [2.45, 2.75) is 25.3 Å². The van der Waals surface area contributed by atoms with Crippen LogP contribution in [0.3, 0.4) is 0 Å². The topological polar surface area (TPSA) is 128 Å². The molecule has 0 saturated heterocycles. The lowest BCUT2D eigenvalue weighted by molar-refractivity contribution is -0.385. The maximum atomic E-state index is 13.7. The third kappa shape index (κ3) is 5.34. The first kappa shape index (κ1) is 26.8. The summed E-state index contributed by atoms with van der Waals surface area (Å²) in [6.45, 7) is -0.267. The van der Waals surface area contributed by atoms with Crippen LogP contribution < -0.4 is 4.74 Å². The number of fused-ring (bicyclic) bond motifs is 2. The van der Waals surface area contributed by atoms with Crippen LogP contribution in [0.5, 0.6) is 5.75 Å². The van der Waals surface area contributed by atoms with Crippen molar-refractivity contribution in [1.82, 2.24) is 5.01 Å². The molecule has 1 fully saturated rings. The molecule has 0 N–H and O–H groups in total. The molecule has 1 aliphatic carbocycles. The number of hydrogen-bond acceptors (Lipinski definition) is 7. The molecule has 4 aromatic carbocycles. The number of amides is 1. The Morgan fingerprint density at radius 3 is 2.43 bits per heavy atom. The molecule has 2 atom stereocenters. The summed E-state index contributed by atoms with van der Waals surface area (Å²) in [6.07, 6.45) is 4.11. The Morgan fingerprint density at radius 2 is 1.64 bits per heavy atom. The van der Waals surface area contributed by atoms with Crippen LogP contribution in [0.25, 0.3) is 16.8 Å². The minimum atomic E-state index is -0.554. The molecule has 1 heterocycles. The molecule has 0 aromatic heterocycles. The second-order valence-electron chi connectivity index (χ2n) is 10.3. The van der Waals surface area contributed by atoms with Gasteiger partial charge in [0.1, 0.15) is 5.75 Å². The van der Waals surface area contributed by atoms with Gasteiger partial charge in [-0.2, -0.15) is 5.10 Å². The Kier molecular flexibility index (Phi) is 7.18. The zero-order valence-corrected chi connectivity index (χ0v) is 22.5. The fraction of sp³-hybridized carbons (Fsp3) is 0.188. The zero-order chi connectivity index (χ0) is 29.2. The maximum absolute atomic E-state index is 13.7. The van der Waals surface area contributed by atoms with E-state index in [1.807, 2.05) is 48.5 Å². The smallest absolute Gasteiger partial charge is 0.281 e. The first-order valence-corrected chi connectivity index (χ1v) is 13.6. The van der Waals surface area contributed by atoms with Crippen LogP contribution in [0.2, 0.25) is 0 Å². The Bertz CT molecular complexity index is 1780. The average molecular weight is 563 g/mol. The van der Waals surface area contributed by atoms with E-state index in [0.29, 0.717) is 29.0 Å². The van der Waals surface area contributed by atoms with E-state index in [0.717, 1.165) is 29.2 Å². The lowest BCUT2D eigenvalue weighted by Crippen LogP contribution is -2.34. The minimum absolute atomic E-state index is 0.0119. The number of carbonyl (C=O) groups excluding carboxylic acids is 1. The van der Waals surface area contributed by atoms with Gasteiger partial charge in [0.05, 0.1) is 21.6 Å². The summed E-state index contributed by atoms with van der Waals surface area (Å²) in [5.74, 6) is -0.0314. The van der Waals surface area contributed by atoms with E-state index in [1.54, 1.807) is 24.3 Å². The van der Waals surface area contributed by atoms with Crippen molar-refractivity contribution >= 4 is 39.8 Å². The van der Waals surface area contributed by atoms with Gasteiger partial charge < -0.3 is 4.74 Å². The lowest BCUT2D eigenvalue weighted by Gasteiger charge is -2.29. The summed E-state index contributed by atoms with van der Waals surface area (Å²) in [7, 11) is 0. The van der Waals surface area contributed by atoms with E-state index in [4.69, 9.17) is 9.84 Å². The van der Waals surface area contributed by atoms with Crippen molar-refractivity contribution in [3.63, 3.8) is 0 Å². The van der Waals surface area contributed by atoms with Crippen LogP contribution in [0.15, 0.2) is 102 Å². The number of hydrazone groups is 1. The van der Waals surface area contributed by atoms with E-state index in [2.05, 4.69) is 0 Å². The molecule has 210 valence electrons. The van der Waals surface area contributed by atoms with Crippen LogP contribution in [-0.4, -0.2) is 33.1 Å². The highest BCUT2D eigenvalue weighted by Gasteiger charge is 2.44. The molecule has 2 aliphatic rings. The van der Waals surface area contributed by atoms with Gasteiger partial charge in [-0.15, -0.1) is 0 Å². The summed E-state index contributed by atoms with van der Waals surface area (Å²) in [5.41, 5.74) is 2.80. The fourth-order valence-corrected chi connectivity index (χ4v) is 5.76. The molecule has 4 aromatic rings. The largest absolute Gasteiger partial charge is 0.484 e. The number of rotatable bonds is 7. The van der Waals surface area contributed by atoms with E-state index < -0.39 is 15.9 Å². The maximum Gasteiger partial charge on any atom is 0.281 e. The molecule has 0 bridgehead atoms.